The van der Waals surface area contributed by atoms with Gasteiger partial charge in [0.05, 0.1) is 0 Å². The fourth-order valence-corrected chi connectivity index (χ4v) is 4.05. The van der Waals surface area contributed by atoms with Crippen LogP contribution >= 0.6 is 17.0 Å². The lowest BCUT2D eigenvalue weighted by Gasteiger charge is -2.40. The van der Waals surface area contributed by atoms with Crippen molar-refractivity contribution in [2.75, 3.05) is 20.4 Å². The first-order chi connectivity index (χ1) is 10.3. The van der Waals surface area contributed by atoms with Crippen LogP contribution in [0.15, 0.2) is 30.3 Å². The highest BCUT2D eigenvalue weighted by atomic mass is 79.9. The molecule has 2 aromatic rings. The Bertz CT molecular complexity index is 759. The number of likely N-dealkylation sites (N-methyl/N-ethyl adjacent to an activating group) is 1. The van der Waals surface area contributed by atoms with Gasteiger partial charge in [0, 0.05) is 18.2 Å². The molecule has 1 atom stereocenters. The minimum atomic E-state index is 0. The molecule has 4 heteroatoms. The predicted molar refractivity (Wildman–Crippen MR) is 91.1 cm³/mol. The number of fused-ring (bicyclic) bond motifs is 4. The highest BCUT2D eigenvalue weighted by molar-refractivity contribution is 8.93. The Morgan fingerprint density at radius 2 is 2.00 bits per heavy atom. The van der Waals surface area contributed by atoms with E-state index in [9.17, 15) is 0 Å². The van der Waals surface area contributed by atoms with E-state index < -0.39 is 0 Å². The Hall–Kier alpha value is -1.52. The van der Waals surface area contributed by atoms with Crippen molar-refractivity contribution in [3.8, 4) is 22.6 Å². The largest absolute Gasteiger partial charge is 0.454 e. The molecule has 0 spiro atoms. The van der Waals surface area contributed by atoms with E-state index in [0.29, 0.717) is 12.8 Å². The van der Waals surface area contributed by atoms with Crippen LogP contribution in [-0.2, 0) is 12.8 Å². The summed E-state index contributed by atoms with van der Waals surface area (Å²) < 4.78 is 11.5. The van der Waals surface area contributed by atoms with Crippen LogP contribution in [0.4, 0.5) is 0 Å². The van der Waals surface area contributed by atoms with Crippen LogP contribution in [0.3, 0.4) is 0 Å². The summed E-state index contributed by atoms with van der Waals surface area (Å²) in [6.07, 6.45) is 2.18. The topological polar surface area (TPSA) is 21.7 Å². The molecule has 2 aromatic carbocycles. The molecule has 22 heavy (non-hydrogen) atoms. The lowest BCUT2D eigenvalue weighted by molar-refractivity contribution is 0.174. The van der Waals surface area contributed by atoms with Gasteiger partial charge in [-0.3, -0.25) is 4.90 Å². The molecule has 0 N–H and O–H groups in total. The zero-order valence-electron chi connectivity index (χ0n) is 12.5. The molecule has 2 aliphatic heterocycles. The van der Waals surface area contributed by atoms with Crippen molar-refractivity contribution in [2.45, 2.75) is 18.9 Å². The maximum Gasteiger partial charge on any atom is 0.231 e. The summed E-state index contributed by atoms with van der Waals surface area (Å²) in [6.45, 7) is 1.45. The van der Waals surface area contributed by atoms with Crippen LogP contribution < -0.4 is 9.47 Å². The first-order valence-electron chi connectivity index (χ1n) is 7.57. The third kappa shape index (κ3) is 1.77. The second kappa shape index (κ2) is 5.00. The molecule has 0 saturated carbocycles. The third-order valence-electron chi connectivity index (χ3n) is 5.09. The fraction of sp³-hybridized carbons (Fsp3) is 0.333. The molecular formula is C18H18BrNO2. The lowest BCUT2D eigenvalue weighted by Crippen LogP contribution is -2.35. The van der Waals surface area contributed by atoms with Gasteiger partial charge < -0.3 is 9.47 Å². The van der Waals surface area contributed by atoms with E-state index in [1.807, 2.05) is 0 Å². The van der Waals surface area contributed by atoms with Gasteiger partial charge in [-0.15, -0.1) is 17.0 Å². The van der Waals surface area contributed by atoms with Crippen molar-refractivity contribution in [2.24, 2.45) is 0 Å². The van der Waals surface area contributed by atoms with Crippen LogP contribution in [0.5, 0.6) is 11.5 Å². The normalized spacial score (nSPS) is 20.9. The number of ether oxygens (including phenoxy) is 2. The molecule has 0 radical (unpaired) electrons. The smallest absolute Gasteiger partial charge is 0.231 e. The van der Waals surface area contributed by atoms with E-state index in [1.165, 1.54) is 27.8 Å². The van der Waals surface area contributed by atoms with Crippen LogP contribution in [0, 0.1) is 0 Å². The molecule has 2 heterocycles. The van der Waals surface area contributed by atoms with Crippen molar-refractivity contribution in [1.29, 1.82) is 0 Å². The van der Waals surface area contributed by atoms with E-state index >= 15 is 0 Å². The molecule has 5 rings (SSSR count). The molecule has 1 aliphatic carbocycles. The van der Waals surface area contributed by atoms with Gasteiger partial charge in [0.1, 0.15) is 0 Å². The Labute approximate surface area is 140 Å². The molecule has 0 bridgehead atoms. The third-order valence-corrected chi connectivity index (χ3v) is 5.09. The highest BCUT2D eigenvalue weighted by Gasteiger charge is 2.37. The summed E-state index contributed by atoms with van der Waals surface area (Å²) >= 11 is 0. The van der Waals surface area contributed by atoms with E-state index in [1.54, 1.807) is 0 Å². The molecule has 0 fully saturated rings. The minimum absolute atomic E-state index is 0. The van der Waals surface area contributed by atoms with Gasteiger partial charge in [-0.1, -0.05) is 24.3 Å². The maximum atomic E-state index is 5.82. The number of hydrogen-bond acceptors (Lipinski definition) is 3. The number of benzene rings is 2. The zero-order valence-corrected chi connectivity index (χ0v) is 14.2. The molecule has 0 saturated heterocycles. The van der Waals surface area contributed by atoms with Crippen molar-refractivity contribution in [3.05, 3.63) is 47.0 Å². The molecule has 3 nitrogen and oxygen atoms in total. The SMILES string of the molecule is Br.CN1CCc2cc3c(c4c2[C@H]1Cc1ccccc1-4)OCO3. The fourth-order valence-electron chi connectivity index (χ4n) is 4.05. The molecular weight excluding hydrogens is 342 g/mol. The minimum Gasteiger partial charge on any atom is -0.454 e. The van der Waals surface area contributed by atoms with Crippen LogP contribution in [0.2, 0.25) is 0 Å². The van der Waals surface area contributed by atoms with E-state index in [4.69, 9.17) is 9.47 Å². The van der Waals surface area contributed by atoms with E-state index in [0.717, 1.165) is 30.9 Å². The van der Waals surface area contributed by atoms with Crippen LogP contribution in [-0.4, -0.2) is 25.3 Å². The van der Waals surface area contributed by atoms with Gasteiger partial charge >= 0.3 is 0 Å². The predicted octanol–water partition coefficient (Wildman–Crippen LogP) is 3.75. The summed E-state index contributed by atoms with van der Waals surface area (Å²) in [6, 6.07) is 11.4. The van der Waals surface area contributed by atoms with Crippen molar-refractivity contribution < 1.29 is 9.47 Å². The Balaban J connectivity index is 0.00000125. The van der Waals surface area contributed by atoms with Crippen LogP contribution in [0.1, 0.15) is 22.7 Å². The standard InChI is InChI=1S/C18H17NO2.BrH/c1-19-7-6-12-9-15-18(21-10-20-15)17-13-5-3-2-4-11(13)8-14(19)16(12)17;/h2-5,9,14H,6-8,10H2,1H3;1H/t14-;/m1./s1. The number of nitrogens with zero attached hydrogens (tertiary/aromatic N) is 1. The van der Waals surface area contributed by atoms with Crippen molar-refractivity contribution in [3.63, 3.8) is 0 Å². The molecule has 114 valence electrons. The summed E-state index contributed by atoms with van der Waals surface area (Å²) in [4.78, 5) is 2.48. The maximum absolute atomic E-state index is 5.82. The van der Waals surface area contributed by atoms with Gasteiger partial charge in [0.25, 0.3) is 0 Å². The average Bonchev–Trinajstić information content (AvgIpc) is 2.98. The summed E-state index contributed by atoms with van der Waals surface area (Å²) in [5.41, 5.74) is 6.92. The van der Waals surface area contributed by atoms with Gasteiger partial charge in [0.15, 0.2) is 11.5 Å². The average molecular weight is 360 g/mol. The Morgan fingerprint density at radius 1 is 1.14 bits per heavy atom. The summed E-state index contributed by atoms with van der Waals surface area (Å²) in [5, 5.41) is 0. The van der Waals surface area contributed by atoms with Gasteiger partial charge in [-0.05, 0) is 48.2 Å². The Morgan fingerprint density at radius 3 is 2.91 bits per heavy atom. The lowest BCUT2D eigenvalue weighted by atomic mass is 9.76. The Kier molecular flexibility index (Phi) is 3.20. The second-order valence-electron chi connectivity index (χ2n) is 6.17. The monoisotopic (exact) mass is 359 g/mol. The van der Waals surface area contributed by atoms with E-state index in [-0.39, 0.29) is 17.0 Å². The first-order valence-corrected chi connectivity index (χ1v) is 7.57. The summed E-state index contributed by atoms with van der Waals surface area (Å²) in [5.74, 6) is 1.87. The molecule has 0 aromatic heterocycles. The number of rotatable bonds is 0. The number of halogens is 1. The zero-order chi connectivity index (χ0) is 14.0. The van der Waals surface area contributed by atoms with Crippen molar-refractivity contribution in [1.82, 2.24) is 4.90 Å². The van der Waals surface area contributed by atoms with E-state index in [2.05, 4.69) is 42.3 Å². The van der Waals surface area contributed by atoms with Crippen molar-refractivity contribution >= 4 is 17.0 Å². The summed E-state index contributed by atoms with van der Waals surface area (Å²) in [7, 11) is 2.23. The first kappa shape index (κ1) is 14.1. The number of hydrogen-bond donors (Lipinski definition) is 0. The second-order valence-corrected chi connectivity index (χ2v) is 6.17. The van der Waals surface area contributed by atoms with Gasteiger partial charge in [-0.25, -0.2) is 0 Å². The van der Waals surface area contributed by atoms with Crippen LogP contribution in [0.25, 0.3) is 11.1 Å². The highest BCUT2D eigenvalue weighted by Crippen LogP contribution is 2.53. The molecule has 0 amide bonds. The quantitative estimate of drug-likeness (QED) is 0.714. The molecule has 3 aliphatic rings. The van der Waals surface area contributed by atoms with Gasteiger partial charge in [-0.2, -0.15) is 0 Å². The van der Waals surface area contributed by atoms with Gasteiger partial charge in [0.2, 0.25) is 6.79 Å². The molecule has 0 unspecified atom stereocenters.